The van der Waals surface area contributed by atoms with Gasteiger partial charge in [-0.1, -0.05) is 24.3 Å². The fourth-order valence-electron chi connectivity index (χ4n) is 3.05. The fraction of sp³-hybridized carbons (Fsp3) is 0.500. The highest BCUT2D eigenvalue weighted by atomic mass is 15.3. The molecule has 1 saturated heterocycles. The van der Waals surface area contributed by atoms with Crippen molar-refractivity contribution in [2.75, 3.05) is 12.3 Å². The van der Waals surface area contributed by atoms with E-state index in [1.165, 1.54) is 18.5 Å². The zero-order valence-corrected chi connectivity index (χ0v) is 10.8. The van der Waals surface area contributed by atoms with E-state index < -0.39 is 0 Å². The van der Waals surface area contributed by atoms with Gasteiger partial charge in [0.15, 0.2) is 0 Å². The third kappa shape index (κ3) is 2.08. The van der Waals surface area contributed by atoms with E-state index in [0.29, 0.717) is 17.8 Å². The Morgan fingerprint density at radius 3 is 3.00 bits per heavy atom. The molecule has 2 atom stereocenters. The minimum atomic E-state index is 0.542. The Morgan fingerprint density at radius 2 is 2.22 bits per heavy atom. The molecule has 2 heterocycles. The van der Waals surface area contributed by atoms with Gasteiger partial charge in [-0.25, -0.2) is 0 Å². The summed E-state index contributed by atoms with van der Waals surface area (Å²) in [6.45, 7) is 2.09. The molecule has 96 valence electrons. The third-order valence-corrected chi connectivity index (χ3v) is 3.98. The van der Waals surface area contributed by atoms with Crippen molar-refractivity contribution in [1.29, 1.82) is 0 Å². The Balaban J connectivity index is 1.77. The molecular weight excluding hydrogens is 224 g/mol. The van der Waals surface area contributed by atoms with Crippen LogP contribution in [0.2, 0.25) is 0 Å². The van der Waals surface area contributed by atoms with Gasteiger partial charge in [0.1, 0.15) is 5.82 Å². The number of allylic oxidation sites excluding steroid dienone is 2. The number of piperidine rings is 1. The maximum absolute atomic E-state index is 5.74. The largest absolute Gasteiger partial charge is 0.382 e. The molecule has 3 rings (SSSR count). The summed E-state index contributed by atoms with van der Waals surface area (Å²) in [5.41, 5.74) is 6.93. The molecule has 1 aliphatic heterocycles. The van der Waals surface area contributed by atoms with Crippen LogP contribution in [0, 0.1) is 5.92 Å². The average molecular weight is 244 g/mol. The number of anilines is 1. The van der Waals surface area contributed by atoms with E-state index in [1.54, 1.807) is 0 Å². The Bertz CT molecular complexity index is 486. The first kappa shape index (κ1) is 11.5. The fourth-order valence-corrected chi connectivity index (χ4v) is 3.05. The van der Waals surface area contributed by atoms with Gasteiger partial charge in [-0.15, -0.1) is 0 Å². The molecule has 0 radical (unpaired) electrons. The van der Waals surface area contributed by atoms with Crippen LogP contribution in [0.3, 0.4) is 0 Å². The quantitative estimate of drug-likeness (QED) is 0.861. The summed E-state index contributed by atoms with van der Waals surface area (Å²) < 4.78 is 1.89. The lowest BCUT2D eigenvalue weighted by Crippen LogP contribution is -2.43. The zero-order chi connectivity index (χ0) is 12.5. The number of fused-ring (bicyclic) bond motifs is 1. The summed E-state index contributed by atoms with van der Waals surface area (Å²) in [6, 6.07) is 2.52. The Kier molecular flexibility index (Phi) is 2.96. The minimum Gasteiger partial charge on any atom is -0.382 e. The van der Waals surface area contributed by atoms with Crippen LogP contribution >= 0.6 is 0 Å². The molecule has 2 aliphatic rings. The van der Waals surface area contributed by atoms with Crippen LogP contribution in [0.15, 0.2) is 30.4 Å². The molecule has 1 aliphatic carbocycles. The number of nitrogens with two attached hydrogens (primary N) is 1. The molecule has 0 amide bonds. The molecular formula is C14H20N4. The molecule has 0 saturated carbocycles. The van der Waals surface area contributed by atoms with Gasteiger partial charge in [0, 0.05) is 25.7 Å². The smallest absolute Gasteiger partial charge is 0.145 e. The van der Waals surface area contributed by atoms with Crippen molar-refractivity contribution >= 4 is 5.82 Å². The molecule has 0 aromatic carbocycles. The predicted molar refractivity (Wildman–Crippen MR) is 72.8 cm³/mol. The molecule has 1 fully saturated rings. The van der Waals surface area contributed by atoms with E-state index in [1.807, 2.05) is 17.8 Å². The molecule has 2 N–H and O–H groups in total. The van der Waals surface area contributed by atoms with Gasteiger partial charge in [0.05, 0.1) is 5.69 Å². The maximum atomic E-state index is 5.74. The first-order chi connectivity index (χ1) is 8.74. The number of likely N-dealkylation sites (tertiary alicyclic amines) is 1. The number of hydrogen-bond donors (Lipinski definition) is 1. The van der Waals surface area contributed by atoms with Crippen molar-refractivity contribution in [3.8, 4) is 0 Å². The summed E-state index contributed by atoms with van der Waals surface area (Å²) in [6.07, 6.45) is 11.6. The summed E-state index contributed by atoms with van der Waals surface area (Å²) in [7, 11) is 1.96. The molecule has 18 heavy (non-hydrogen) atoms. The lowest BCUT2D eigenvalue weighted by molar-refractivity contribution is 0.134. The number of rotatable bonds is 2. The summed E-state index contributed by atoms with van der Waals surface area (Å²) in [5.74, 6) is 1.29. The van der Waals surface area contributed by atoms with Crippen LogP contribution < -0.4 is 5.73 Å². The van der Waals surface area contributed by atoms with Gasteiger partial charge in [0.2, 0.25) is 0 Å². The Labute approximate surface area is 108 Å². The van der Waals surface area contributed by atoms with Gasteiger partial charge in [-0.05, 0) is 25.3 Å². The van der Waals surface area contributed by atoms with Crippen LogP contribution in [-0.4, -0.2) is 27.3 Å². The molecule has 1 aromatic rings. The highest BCUT2D eigenvalue weighted by Gasteiger charge is 2.29. The van der Waals surface area contributed by atoms with Crippen molar-refractivity contribution in [2.45, 2.75) is 25.4 Å². The van der Waals surface area contributed by atoms with E-state index in [9.17, 15) is 0 Å². The molecule has 0 bridgehead atoms. The van der Waals surface area contributed by atoms with Crippen molar-refractivity contribution in [1.82, 2.24) is 14.7 Å². The monoisotopic (exact) mass is 244 g/mol. The van der Waals surface area contributed by atoms with Gasteiger partial charge in [0.25, 0.3) is 0 Å². The van der Waals surface area contributed by atoms with E-state index in [4.69, 9.17) is 5.73 Å². The number of aromatic nitrogens is 2. The second kappa shape index (κ2) is 4.61. The normalized spacial score (nSPS) is 27.4. The number of nitrogen functional groups attached to an aromatic ring is 1. The van der Waals surface area contributed by atoms with Crippen molar-refractivity contribution in [2.24, 2.45) is 13.0 Å². The van der Waals surface area contributed by atoms with Crippen LogP contribution in [0.5, 0.6) is 0 Å². The van der Waals surface area contributed by atoms with Crippen LogP contribution in [-0.2, 0) is 13.6 Å². The second-order valence-corrected chi connectivity index (χ2v) is 5.22. The van der Waals surface area contributed by atoms with E-state index >= 15 is 0 Å². The molecule has 1 aromatic heterocycles. The summed E-state index contributed by atoms with van der Waals surface area (Å²) in [5, 5.41) is 4.22. The van der Waals surface area contributed by atoms with Gasteiger partial charge in [-0.3, -0.25) is 9.58 Å². The van der Waals surface area contributed by atoms with E-state index in [2.05, 4.69) is 34.3 Å². The maximum Gasteiger partial charge on any atom is 0.145 e. The Morgan fingerprint density at radius 1 is 1.39 bits per heavy atom. The molecule has 0 spiro atoms. The second-order valence-electron chi connectivity index (χ2n) is 5.22. The standard InChI is InChI=1S/C14H20N4/c1-17-12(9-14(15)16-17)10-18-8-4-6-11-5-2-3-7-13(11)18/h2-3,5,7,9,11,13H,4,6,8,10H2,1H3,(H2,15,16)/t11-,13-/m1/s1. The molecule has 4 nitrogen and oxygen atoms in total. The number of hydrogen-bond acceptors (Lipinski definition) is 3. The highest BCUT2D eigenvalue weighted by Crippen LogP contribution is 2.29. The van der Waals surface area contributed by atoms with Crippen LogP contribution in [0.1, 0.15) is 18.5 Å². The Hall–Kier alpha value is -1.55. The van der Waals surface area contributed by atoms with Crippen LogP contribution in [0.25, 0.3) is 0 Å². The minimum absolute atomic E-state index is 0.542. The third-order valence-electron chi connectivity index (χ3n) is 3.98. The van der Waals surface area contributed by atoms with Gasteiger partial charge in [-0.2, -0.15) is 5.10 Å². The van der Waals surface area contributed by atoms with Gasteiger partial charge < -0.3 is 5.73 Å². The van der Waals surface area contributed by atoms with Crippen molar-refractivity contribution < 1.29 is 0 Å². The van der Waals surface area contributed by atoms with E-state index in [-0.39, 0.29) is 0 Å². The lowest BCUT2D eigenvalue weighted by atomic mass is 9.86. The number of nitrogens with zero attached hydrogens (tertiary/aromatic N) is 3. The number of aryl methyl sites for hydroxylation is 1. The SMILES string of the molecule is Cn1nc(N)cc1CN1CCC[C@H]2C=CC=C[C@H]21. The predicted octanol–water partition coefficient (Wildman–Crippen LogP) is 1.71. The van der Waals surface area contributed by atoms with E-state index in [0.717, 1.165) is 13.1 Å². The first-order valence-corrected chi connectivity index (χ1v) is 6.61. The average Bonchev–Trinajstić information content (AvgIpc) is 2.68. The van der Waals surface area contributed by atoms with Crippen molar-refractivity contribution in [3.05, 3.63) is 36.1 Å². The van der Waals surface area contributed by atoms with Crippen LogP contribution in [0.4, 0.5) is 5.82 Å². The molecule has 0 unspecified atom stereocenters. The van der Waals surface area contributed by atoms with Gasteiger partial charge >= 0.3 is 0 Å². The summed E-state index contributed by atoms with van der Waals surface area (Å²) >= 11 is 0. The first-order valence-electron chi connectivity index (χ1n) is 6.61. The topological polar surface area (TPSA) is 47.1 Å². The highest BCUT2D eigenvalue weighted by molar-refractivity contribution is 5.29. The molecule has 4 heteroatoms. The zero-order valence-electron chi connectivity index (χ0n) is 10.8. The lowest BCUT2D eigenvalue weighted by Gasteiger charge is -2.39. The van der Waals surface area contributed by atoms with Crippen molar-refractivity contribution in [3.63, 3.8) is 0 Å². The summed E-state index contributed by atoms with van der Waals surface area (Å²) in [4.78, 5) is 2.53.